The number of anilines is 1. The summed E-state index contributed by atoms with van der Waals surface area (Å²) >= 11 is 0. The number of benzene rings is 1. The number of nitrogens with one attached hydrogen (secondary N) is 2. The fraction of sp³-hybridized carbons (Fsp3) is 0.258. The maximum atomic E-state index is 13.6. The van der Waals surface area contributed by atoms with Gasteiger partial charge in [0.2, 0.25) is 5.95 Å². The monoisotopic (exact) mass is 586 g/mol. The zero-order chi connectivity index (χ0) is 30.3. The first kappa shape index (κ1) is 28.4. The molecule has 0 atom stereocenters. The number of aromatic nitrogens is 8. The third kappa shape index (κ3) is 6.49. The second-order valence-electron chi connectivity index (χ2n) is 10.5. The average molecular weight is 587 g/mol. The van der Waals surface area contributed by atoms with Crippen LogP contribution in [0.4, 0.5) is 16.6 Å². The highest BCUT2D eigenvalue weighted by Crippen LogP contribution is 2.30. The van der Waals surface area contributed by atoms with Gasteiger partial charge in [0.15, 0.2) is 5.82 Å². The molecule has 1 fully saturated rings. The molecule has 13 nitrogen and oxygen atoms in total. The van der Waals surface area contributed by atoms with E-state index in [-0.39, 0.29) is 23.9 Å². The summed E-state index contributed by atoms with van der Waals surface area (Å²) in [6, 6.07) is 13.4. The molecule has 1 saturated carbocycles. The smallest absolute Gasteiger partial charge is 0.323 e. The number of urea groups is 1. The van der Waals surface area contributed by atoms with Crippen LogP contribution < -0.4 is 10.2 Å². The van der Waals surface area contributed by atoms with Gasteiger partial charge in [0, 0.05) is 43.8 Å². The molecule has 0 spiro atoms. The molecule has 44 heavy (non-hydrogen) atoms. The van der Waals surface area contributed by atoms with Crippen LogP contribution in [0.25, 0.3) is 22.6 Å². The molecule has 4 aromatic heterocycles. The van der Waals surface area contributed by atoms with Gasteiger partial charge < -0.3 is 5.32 Å². The molecule has 0 bridgehead atoms. The largest absolute Gasteiger partial charge is 0.334 e. The van der Waals surface area contributed by atoms with Crippen molar-refractivity contribution >= 4 is 24.0 Å². The number of rotatable bonds is 8. The molecule has 1 aliphatic carbocycles. The van der Waals surface area contributed by atoms with Crippen LogP contribution in [0.15, 0.2) is 78.6 Å². The summed E-state index contributed by atoms with van der Waals surface area (Å²) in [5.41, 5.74) is 3.99. The number of aliphatic imine (C=N–C) groups is 1. The number of aromatic amines is 1. The zero-order valence-corrected chi connectivity index (χ0v) is 24.1. The van der Waals surface area contributed by atoms with Gasteiger partial charge in [-0.3, -0.25) is 19.7 Å². The number of carbonyl (C=O) groups is 1. The molecule has 0 saturated heterocycles. The molecule has 0 unspecified atom stereocenters. The quantitative estimate of drug-likeness (QED) is 0.249. The molecule has 220 valence electrons. The molecule has 5 aromatic rings. The van der Waals surface area contributed by atoms with Crippen molar-refractivity contribution in [1.82, 2.24) is 45.2 Å². The first-order valence-electron chi connectivity index (χ1n) is 14.3. The molecule has 1 aliphatic rings. The normalized spacial score (nSPS) is 16.5. The molecule has 4 heterocycles. The number of amides is 2. The molecule has 13 heteroatoms. The van der Waals surface area contributed by atoms with E-state index in [9.17, 15) is 10.1 Å². The van der Waals surface area contributed by atoms with Gasteiger partial charge in [-0.25, -0.2) is 24.7 Å². The van der Waals surface area contributed by atoms with Crippen molar-refractivity contribution in [3.63, 3.8) is 0 Å². The van der Waals surface area contributed by atoms with Crippen molar-refractivity contribution in [3.8, 4) is 28.7 Å². The Hall–Kier alpha value is -5.77. The lowest BCUT2D eigenvalue weighted by Gasteiger charge is -2.35. The zero-order valence-electron chi connectivity index (χ0n) is 24.1. The Kier molecular flexibility index (Phi) is 8.40. The number of carbonyl (C=O) groups excluding carboxylic acids is 1. The summed E-state index contributed by atoms with van der Waals surface area (Å²) in [6.07, 6.45) is 15.0. The van der Waals surface area contributed by atoms with Gasteiger partial charge in [-0.15, -0.1) is 0 Å². The number of nitriles is 1. The summed E-state index contributed by atoms with van der Waals surface area (Å²) < 4.78 is 1.71. The first-order valence-corrected chi connectivity index (χ1v) is 14.3. The molecule has 6 rings (SSSR count). The summed E-state index contributed by atoms with van der Waals surface area (Å²) in [5, 5.41) is 23.5. The van der Waals surface area contributed by atoms with Crippen LogP contribution in [0.2, 0.25) is 0 Å². The summed E-state index contributed by atoms with van der Waals surface area (Å²) in [6.45, 7) is 0.407. The van der Waals surface area contributed by atoms with E-state index in [2.05, 4.69) is 51.6 Å². The first-order chi connectivity index (χ1) is 21.6. The van der Waals surface area contributed by atoms with E-state index in [1.54, 1.807) is 40.4 Å². The highest BCUT2D eigenvalue weighted by atomic mass is 16.2. The van der Waals surface area contributed by atoms with Gasteiger partial charge in [0.1, 0.15) is 11.8 Å². The number of hydrogen-bond donors (Lipinski definition) is 2. The summed E-state index contributed by atoms with van der Waals surface area (Å²) in [5.74, 6) is 0.966. The highest BCUT2D eigenvalue weighted by molar-refractivity contribution is 5.91. The van der Waals surface area contributed by atoms with Crippen LogP contribution in [-0.2, 0) is 13.6 Å². The van der Waals surface area contributed by atoms with Crippen LogP contribution in [0.3, 0.4) is 0 Å². The predicted octanol–water partition coefficient (Wildman–Crippen LogP) is 4.61. The van der Waals surface area contributed by atoms with Crippen LogP contribution in [0.1, 0.15) is 36.8 Å². The molecular weight excluding hydrogens is 556 g/mol. The Morgan fingerprint density at radius 1 is 1.11 bits per heavy atom. The van der Waals surface area contributed by atoms with E-state index >= 15 is 0 Å². The Labute approximate surface area is 253 Å². The highest BCUT2D eigenvalue weighted by Gasteiger charge is 2.31. The average Bonchev–Trinajstić information content (AvgIpc) is 3.77. The Balaban J connectivity index is 1.16. The van der Waals surface area contributed by atoms with Gasteiger partial charge >= 0.3 is 6.03 Å². The van der Waals surface area contributed by atoms with Crippen LogP contribution in [0.5, 0.6) is 0 Å². The van der Waals surface area contributed by atoms with Crippen LogP contribution >= 0.6 is 0 Å². The van der Waals surface area contributed by atoms with E-state index in [4.69, 9.17) is 0 Å². The van der Waals surface area contributed by atoms with Crippen molar-refractivity contribution in [2.24, 2.45) is 18.0 Å². The maximum absolute atomic E-state index is 13.6. The molecule has 1 aromatic carbocycles. The van der Waals surface area contributed by atoms with Crippen molar-refractivity contribution < 1.29 is 4.79 Å². The summed E-state index contributed by atoms with van der Waals surface area (Å²) in [4.78, 5) is 37.8. The lowest BCUT2D eigenvalue weighted by molar-refractivity contribution is 0.239. The van der Waals surface area contributed by atoms with Gasteiger partial charge in [-0.2, -0.15) is 15.5 Å². The molecule has 2 N–H and O–H groups in total. The Bertz CT molecular complexity index is 1770. The third-order valence-corrected chi connectivity index (χ3v) is 7.55. The number of hydrogen-bond acceptors (Lipinski definition) is 9. The van der Waals surface area contributed by atoms with E-state index in [1.165, 1.54) is 6.20 Å². The number of nitrogens with zero attached hydrogens (tertiary/aromatic N) is 10. The van der Waals surface area contributed by atoms with Crippen LogP contribution in [0, 0.1) is 17.2 Å². The van der Waals surface area contributed by atoms with Crippen molar-refractivity contribution in [2.75, 3.05) is 4.90 Å². The fourth-order valence-corrected chi connectivity index (χ4v) is 5.25. The molecule has 0 radical (unpaired) electrons. The number of H-pyrrole nitrogens is 1. The minimum atomic E-state index is -0.216. The Morgan fingerprint density at radius 3 is 2.64 bits per heavy atom. The minimum Gasteiger partial charge on any atom is -0.334 e. The molecule has 2 amide bonds. The van der Waals surface area contributed by atoms with E-state index in [0.717, 1.165) is 36.8 Å². The molecule has 0 aliphatic heterocycles. The van der Waals surface area contributed by atoms with Crippen molar-refractivity contribution in [2.45, 2.75) is 38.3 Å². The second kappa shape index (κ2) is 13.0. The van der Waals surface area contributed by atoms with E-state index in [0.29, 0.717) is 35.0 Å². The Morgan fingerprint density at radius 2 is 1.95 bits per heavy atom. The second-order valence-corrected chi connectivity index (χ2v) is 10.5. The summed E-state index contributed by atoms with van der Waals surface area (Å²) in [7, 11) is 1.85. The molecular formula is C31H30N12O. The van der Waals surface area contributed by atoms with E-state index < -0.39 is 0 Å². The maximum Gasteiger partial charge on any atom is 0.323 e. The van der Waals surface area contributed by atoms with Gasteiger partial charge in [-0.1, -0.05) is 30.3 Å². The predicted molar refractivity (Wildman–Crippen MR) is 164 cm³/mol. The van der Waals surface area contributed by atoms with Gasteiger partial charge in [0.05, 0.1) is 41.7 Å². The topological polar surface area (TPSA) is 167 Å². The standard InChI is InChI=1S/C31H30N12O/c1-42-20-24(17-39-42)27-18-34-28(19-33-27)43(31(44)37-15-21-5-3-2-4-6-21)25-9-7-22(8-10-25)14-35-30-36-16-23(13-32)29(40-30)26-11-12-38-41-26/h2-6,11-12,14,16-20,22,25H,7-10,15H2,1H3,(H,37,44)(H,38,41)/b35-14-. The van der Waals surface area contributed by atoms with Crippen molar-refractivity contribution in [1.29, 1.82) is 5.26 Å². The van der Waals surface area contributed by atoms with Crippen LogP contribution in [-0.4, -0.2) is 58.2 Å². The lowest BCUT2D eigenvalue weighted by Crippen LogP contribution is -2.48. The van der Waals surface area contributed by atoms with E-state index in [1.807, 2.05) is 49.8 Å². The number of aryl methyl sites for hydroxylation is 1. The third-order valence-electron chi connectivity index (χ3n) is 7.55. The van der Waals surface area contributed by atoms with Gasteiger partial charge in [0.25, 0.3) is 0 Å². The fourth-order valence-electron chi connectivity index (χ4n) is 5.25. The van der Waals surface area contributed by atoms with Gasteiger partial charge in [-0.05, 0) is 43.2 Å². The van der Waals surface area contributed by atoms with Crippen molar-refractivity contribution in [3.05, 3.63) is 84.7 Å². The SMILES string of the molecule is Cn1cc(-c2cnc(N(C(=O)NCc3ccccc3)C3CCC(/C=N\c4ncc(C#N)c(-c5ccn[nH]5)n4)CC3)cn2)cn1. The minimum absolute atomic E-state index is 0.0629. The lowest BCUT2D eigenvalue weighted by atomic mass is 9.86.